The van der Waals surface area contributed by atoms with Crippen molar-refractivity contribution < 1.29 is 0 Å². The molecule has 0 atom stereocenters. The van der Waals surface area contributed by atoms with E-state index in [9.17, 15) is 0 Å². The Morgan fingerprint density at radius 2 is 2.00 bits per heavy atom. The highest BCUT2D eigenvalue weighted by atomic mass is 79.9. The molecule has 5 heteroatoms. The summed E-state index contributed by atoms with van der Waals surface area (Å²) in [7, 11) is 0. The lowest BCUT2D eigenvalue weighted by atomic mass is 10.3. The minimum Gasteiger partial charge on any atom is -0.380 e. The van der Waals surface area contributed by atoms with E-state index >= 15 is 0 Å². The van der Waals surface area contributed by atoms with Gasteiger partial charge in [0.15, 0.2) is 0 Å². The number of aromatic nitrogens is 2. The van der Waals surface area contributed by atoms with Crippen molar-refractivity contribution in [2.24, 2.45) is 0 Å². The highest BCUT2D eigenvalue weighted by molar-refractivity contribution is 9.10. The summed E-state index contributed by atoms with van der Waals surface area (Å²) in [5, 5.41) is 3.92. The van der Waals surface area contributed by atoms with Crippen LogP contribution in [-0.2, 0) is 6.54 Å². The summed E-state index contributed by atoms with van der Waals surface area (Å²) >= 11 is 9.45. The highest BCUT2D eigenvalue weighted by Crippen LogP contribution is 2.25. The number of benzene rings is 1. The van der Waals surface area contributed by atoms with Gasteiger partial charge in [-0.1, -0.05) is 27.5 Å². The molecule has 0 radical (unpaired) electrons. The summed E-state index contributed by atoms with van der Waals surface area (Å²) < 4.78 is 0.990. The maximum atomic E-state index is 6.05. The van der Waals surface area contributed by atoms with E-state index in [0.29, 0.717) is 11.6 Å². The number of nitrogens with zero attached hydrogens (tertiary/aromatic N) is 2. The zero-order chi connectivity index (χ0) is 11.4. The zero-order valence-electron chi connectivity index (χ0n) is 8.32. The largest absolute Gasteiger partial charge is 0.380 e. The van der Waals surface area contributed by atoms with Crippen LogP contribution in [0.3, 0.4) is 0 Å². The topological polar surface area (TPSA) is 37.8 Å². The lowest BCUT2D eigenvalue weighted by Crippen LogP contribution is -2.00. The average Bonchev–Trinajstić information content (AvgIpc) is 2.32. The highest BCUT2D eigenvalue weighted by Gasteiger charge is 2.00. The molecule has 0 bridgehead atoms. The van der Waals surface area contributed by atoms with Gasteiger partial charge in [-0.2, -0.15) is 0 Å². The van der Waals surface area contributed by atoms with E-state index in [1.54, 1.807) is 12.4 Å². The van der Waals surface area contributed by atoms with Gasteiger partial charge in [-0.25, -0.2) is 9.97 Å². The molecule has 1 N–H and O–H groups in total. The van der Waals surface area contributed by atoms with Crippen molar-refractivity contribution in [3.05, 3.63) is 52.0 Å². The van der Waals surface area contributed by atoms with Crippen LogP contribution in [0.2, 0.25) is 5.02 Å². The monoisotopic (exact) mass is 297 g/mol. The molecule has 0 amide bonds. The summed E-state index contributed by atoms with van der Waals surface area (Å²) in [6.45, 7) is 0.650. The van der Waals surface area contributed by atoms with Gasteiger partial charge in [0.2, 0.25) is 0 Å². The van der Waals surface area contributed by atoms with Crippen molar-refractivity contribution in [2.75, 3.05) is 5.32 Å². The third kappa shape index (κ3) is 2.93. The van der Waals surface area contributed by atoms with E-state index in [1.807, 2.05) is 18.2 Å². The molecule has 82 valence electrons. The molecule has 0 unspecified atom stereocenters. The third-order valence-electron chi connectivity index (χ3n) is 2.03. The predicted molar refractivity (Wildman–Crippen MR) is 68.5 cm³/mol. The molecule has 1 aromatic heterocycles. The van der Waals surface area contributed by atoms with Crippen molar-refractivity contribution in [2.45, 2.75) is 6.54 Å². The first kappa shape index (κ1) is 11.4. The molecule has 0 aliphatic carbocycles. The van der Waals surface area contributed by atoms with Crippen molar-refractivity contribution in [3.8, 4) is 0 Å². The van der Waals surface area contributed by atoms with Gasteiger partial charge in [0.25, 0.3) is 0 Å². The van der Waals surface area contributed by atoms with Crippen LogP contribution < -0.4 is 5.32 Å². The van der Waals surface area contributed by atoms with Gasteiger partial charge < -0.3 is 5.32 Å². The van der Waals surface area contributed by atoms with Gasteiger partial charge in [0, 0.05) is 29.0 Å². The van der Waals surface area contributed by atoms with Crippen LogP contribution in [0, 0.1) is 0 Å². The maximum absolute atomic E-state index is 6.05. The summed E-state index contributed by atoms with van der Waals surface area (Å²) in [6, 6.07) is 5.68. The van der Waals surface area contributed by atoms with Gasteiger partial charge in [0.1, 0.15) is 6.33 Å². The molecule has 0 aliphatic rings. The number of nitrogens with one attached hydrogen (secondary N) is 1. The van der Waals surface area contributed by atoms with Crippen LogP contribution in [0.25, 0.3) is 0 Å². The molecule has 2 aromatic rings. The minimum atomic E-state index is 0.650. The second kappa shape index (κ2) is 5.27. The molecule has 16 heavy (non-hydrogen) atoms. The van der Waals surface area contributed by atoms with Crippen LogP contribution in [0.5, 0.6) is 0 Å². The van der Waals surface area contributed by atoms with Crippen LogP contribution >= 0.6 is 27.5 Å². The van der Waals surface area contributed by atoms with E-state index in [0.717, 1.165) is 15.7 Å². The summed E-state index contributed by atoms with van der Waals surface area (Å²) in [5.74, 6) is 0. The predicted octanol–water partition coefficient (Wildman–Crippen LogP) is 3.50. The number of rotatable bonds is 3. The summed E-state index contributed by atoms with van der Waals surface area (Å²) in [4.78, 5) is 7.89. The van der Waals surface area contributed by atoms with E-state index in [4.69, 9.17) is 11.6 Å². The Bertz CT molecular complexity index is 476. The van der Waals surface area contributed by atoms with Gasteiger partial charge in [0.05, 0.1) is 10.7 Å². The molecule has 3 nitrogen and oxygen atoms in total. The lowest BCUT2D eigenvalue weighted by molar-refractivity contribution is 1.05. The first-order chi connectivity index (χ1) is 7.75. The Kier molecular flexibility index (Phi) is 3.74. The number of halogens is 2. The molecule has 0 saturated heterocycles. The molecule has 0 fully saturated rings. The van der Waals surface area contributed by atoms with Crippen LogP contribution in [0.15, 0.2) is 41.4 Å². The minimum absolute atomic E-state index is 0.650. The number of anilines is 1. The second-order valence-corrected chi connectivity index (χ2v) is 4.55. The van der Waals surface area contributed by atoms with Crippen molar-refractivity contribution in [1.29, 1.82) is 0 Å². The Hall–Kier alpha value is -1.13. The Balaban J connectivity index is 2.08. The average molecular weight is 299 g/mol. The smallest absolute Gasteiger partial charge is 0.115 e. The first-order valence-corrected chi connectivity index (χ1v) is 5.85. The number of hydrogen-bond acceptors (Lipinski definition) is 3. The molecular weight excluding hydrogens is 289 g/mol. The molecule has 2 rings (SSSR count). The zero-order valence-corrected chi connectivity index (χ0v) is 10.7. The van der Waals surface area contributed by atoms with Gasteiger partial charge in [-0.3, -0.25) is 0 Å². The second-order valence-electron chi connectivity index (χ2n) is 3.22. The molecule has 1 aromatic carbocycles. The van der Waals surface area contributed by atoms with Gasteiger partial charge >= 0.3 is 0 Å². The Morgan fingerprint density at radius 3 is 2.75 bits per heavy atom. The van der Waals surface area contributed by atoms with Gasteiger partial charge in [-0.15, -0.1) is 0 Å². The van der Waals surface area contributed by atoms with E-state index in [2.05, 4.69) is 31.2 Å². The van der Waals surface area contributed by atoms with E-state index in [-0.39, 0.29) is 0 Å². The third-order valence-corrected chi connectivity index (χ3v) is 2.85. The lowest BCUT2D eigenvalue weighted by Gasteiger charge is -2.08. The molecule has 0 saturated carbocycles. The van der Waals surface area contributed by atoms with Crippen LogP contribution in [0.4, 0.5) is 5.69 Å². The first-order valence-electron chi connectivity index (χ1n) is 4.68. The summed E-state index contributed by atoms with van der Waals surface area (Å²) in [6.07, 6.45) is 5.05. The molecule has 0 spiro atoms. The fraction of sp³-hybridized carbons (Fsp3) is 0.0909. The van der Waals surface area contributed by atoms with Crippen molar-refractivity contribution >= 4 is 33.2 Å². The van der Waals surface area contributed by atoms with Crippen molar-refractivity contribution in [3.63, 3.8) is 0 Å². The quantitative estimate of drug-likeness (QED) is 0.942. The molecule has 1 heterocycles. The normalized spacial score (nSPS) is 10.1. The fourth-order valence-corrected chi connectivity index (χ4v) is 1.80. The van der Waals surface area contributed by atoms with Crippen molar-refractivity contribution in [1.82, 2.24) is 9.97 Å². The Morgan fingerprint density at radius 1 is 1.25 bits per heavy atom. The maximum Gasteiger partial charge on any atom is 0.115 e. The van der Waals surface area contributed by atoms with Crippen LogP contribution in [0.1, 0.15) is 5.56 Å². The fourth-order valence-electron chi connectivity index (χ4n) is 1.25. The van der Waals surface area contributed by atoms with E-state index in [1.165, 1.54) is 6.33 Å². The van der Waals surface area contributed by atoms with Gasteiger partial charge in [-0.05, 0) is 18.2 Å². The number of hydrogen-bond donors (Lipinski definition) is 1. The molecule has 0 aliphatic heterocycles. The van der Waals surface area contributed by atoms with Crippen LogP contribution in [-0.4, -0.2) is 9.97 Å². The molecular formula is C11H9BrClN3. The summed E-state index contributed by atoms with van der Waals surface area (Å²) in [5.41, 5.74) is 1.90. The Labute approximate surface area is 107 Å². The standard InChI is InChI=1S/C11H9BrClN3/c12-9-1-2-10(13)11(3-9)16-6-8-4-14-7-15-5-8/h1-5,7,16H,6H2. The SMILES string of the molecule is Clc1ccc(Br)cc1NCc1cncnc1. The van der Waals surface area contributed by atoms with E-state index < -0.39 is 0 Å².